The van der Waals surface area contributed by atoms with E-state index in [0.717, 1.165) is 35.2 Å². The molecule has 0 aliphatic carbocycles. The summed E-state index contributed by atoms with van der Waals surface area (Å²) in [5.74, 6) is 0. The highest BCUT2D eigenvalue weighted by molar-refractivity contribution is 6.34. The molecule has 7 heteroatoms. The molecule has 3 aromatic rings. The van der Waals surface area contributed by atoms with Gasteiger partial charge in [0.25, 0.3) is 0 Å². The Hall–Kier alpha value is -2.18. The predicted molar refractivity (Wildman–Crippen MR) is 96.1 cm³/mol. The van der Waals surface area contributed by atoms with Crippen LogP contribution >= 0.6 is 11.6 Å². The number of imidazole rings is 1. The molecule has 0 bridgehead atoms. The fourth-order valence-corrected chi connectivity index (χ4v) is 3.34. The molecule has 0 amide bonds. The van der Waals surface area contributed by atoms with Crippen molar-refractivity contribution in [2.45, 2.75) is 39.3 Å². The van der Waals surface area contributed by atoms with Crippen molar-refractivity contribution in [3.63, 3.8) is 0 Å². The third kappa shape index (κ3) is 2.72. The molecule has 0 saturated carbocycles. The van der Waals surface area contributed by atoms with E-state index in [9.17, 15) is 4.79 Å². The largest absolute Gasteiger partial charge is 0.327 e. The van der Waals surface area contributed by atoms with E-state index in [1.165, 1.54) is 0 Å². The highest BCUT2D eigenvalue weighted by Crippen LogP contribution is 2.35. The molecule has 3 rings (SSSR count). The Morgan fingerprint density at radius 1 is 1.33 bits per heavy atom. The number of aromatic amines is 1. The van der Waals surface area contributed by atoms with Crippen LogP contribution in [-0.2, 0) is 6.54 Å². The van der Waals surface area contributed by atoms with Gasteiger partial charge in [-0.1, -0.05) is 25.4 Å². The standard InChI is InChI=1S/C17H20ClN5O/c1-3-12(4-2)23-15-14(10-5-6-20-11(7-10)8-19)13(18)9-21-16(15)22-17(23)24/h5-7,9,12H,3-4,8,19H2,1-2H3,(H,21,22,24). The summed E-state index contributed by atoms with van der Waals surface area (Å²) in [5, 5.41) is 0.496. The lowest BCUT2D eigenvalue weighted by atomic mass is 10.0. The van der Waals surface area contributed by atoms with Gasteiger partial charge in [0.05, 0.1) is 16.2 Å². The summed E-state index contributed by atoms with van der Waals surface area (Å²) in [6, 6.07) is 3.85. The summed E-state index contributed by atoms with van der Waals surface area (Å²) < 4.78 is 1.77. The summed E-state index contributed by atoms with van der Waals surface area (Å²) >= 11 is 6.46. The molecule has 0 atom stereocenters. The zero-order valence-electron chi connectivity index (χ0n) is 13.7. The van der Waals surface area contributed by atoms with Crippen molar-refractivity contribution >= 4 is 22.8 Å². The second-order valence-corrected chi connectivity index (χ2v) is 6.10. The normalized spacial score (nSPS) is 11.5. The zero-order valence-corrected chi connectivity index (χ0v) is 14.5. The second kappa shape index (κ2) is 6.75. The minimum Gasteiger partial charge on any atom is -0.325 e. The van der Waals surface area contributed by atoms with Crippen molar-refractivity contribution in [1.82, 2.24) is 19.5 Å². The number of H-pyrrole nitrogens is 1. The van der Waals surface area contributed by atoms with Crippen molar-refractivity contribution in [3.8, 4) is 11.1 Å². The smallest absolute Gasteiger partial charge is 0.325 e. The van der Waals surface area contributed by atoms with Crippen LogP contribution in [0.25, 0.3) is 22.3 Å². The number of hydrogen-bond acceptors (Lipinski definition) is 4. The molecule has 126 valence electrons. The fraction of sp³-hybridized carbons (Fsp3) is 0.353. The van der Waals surface area contributed by atoms with Crippen LogP contribution in [0.5, 0.6) is 0 Å². The summed E-state index contributed by atoms with van der Waals surface area (Å²) in [5.41, 5.74) is 9.23. The first-order chi connectivity index (χ1) is 11.6. The van der Waals surface area contributed by atoms with E-state index in [1.54, 1.807) is 17.0 Å². The molecule has 6 nitrogen and oxygen atoms in total. The van der Waals surface area contributed by atoms with Crippen LogP contribution in [0.15, 0.2) is 29.3 Å². The van der Waals surface area contributed by atoms with Gasteiger partial charge in [-0.2, -0.15) is 0 Å². The lowest BCUT2D eigenvalue weighted by Crippen LogP contribution is -2.21. The van der Waals surface area contributed by atoms with Gasteiger partial charge in [-0.05, 0) is 30.5 Å². The van der Waals surface area contributed by atoms with E-state index < -0.39 is 0 Å². The van der Waals surface area contributed by atoms with Crippen molar-refractivity contribution in [3.05, 3.63) is 45.7 Å². The van der Waals surface area contributed by atoms with E-state index in [0.29, 0.717) is 17.2 Å². The SMILES string of the molecule is CCC(CC)n1c(=O)[nH]c2ncc(Cl)c(-c3ccnc(CN)c3)c21. The summed E-state index contributed by atoms with van der Waals surface area (Å²) in [4.78, 5) is 23.9. The number of pyridine rings is 2. The molecule has 24 heavy (non-hydrogen) atoms. The van der Waals surface area contributed by atoms with Gasteiger partial charge in [-0.25, -0.2) is 9.78 Å². The van der Waals surface area contributed by atoms with Gasteiger partial charge < -0.3 is 5.73 Å². The molecule has 0 saturated heterocycles. The van der Waals surface area contributed by atoms with Crippen molar-refractivity contribution < 1.29 is 0 Å². The number of nitrogens with one attached hydrogen (secondary N) is 1. The highest BCUT2D eigenvalue weighted by Gasteiger charge is 2.21. The molecule has 0 spiro atoms. The number of hydrogen-bond donors (Lipinski definition) is 2. The first-order valence-corrected chi connectivity index (χ1v) is 8.42. The van der Waals surface area contributed by atoms with Gasteiger partial charge in [0.2, 0.25) is 0 Å². The topological polar surface area (TPSA) is 89.6 Å². The van der Waals surface area contributed by atoms with E-state index in [2.05, 4.69) is 28.8 Å². The Morgan fingerprint density at radius 3 is 2.75 bits per heavy atom. The molecule has 3 heterocycles. The predicted octanol–water partition coefficient (Wildman–Crippen LogP) is 3.26. The van der Waals surface area contributed by atoms with Crippen molar-refractivity contribution in [2.75, 3.05) is 0 Å². The molecular formula is C17H20ClN5O. The van der Waals surface area contributed by atoms with Gasteiger partial charge in [0.1, 0.15) is 0 Å². The molecule has 0 radical (unpaired) electrons. The first kappa shape index (κ1) is 16.7. The molecular weight excluding hydrogens is 326 g/mol. The van der Waals surface area contributed by atoms with E-state index in [4.69, 9.17) is 17.3 Å². The number of nitrogens with zero attached hydrogens (tertiary/aromatic N) is 3. The molecule has 0 aliphatic rings. The maximum Gasteiger partial charge on any atom is 0.327 e. The second-order valence-electron chi connectivity index (χ2n) is 5.69. The zero-order chi connectivity index (χ0) is 17.3. The van der Waals surface area contributed by atoms with Crippen molar-refractivity contribution in [1.29, 1.82) is 0 Å². The summed E-state index contributed by atoms with van der Waals surface area (Å²) in [7, 11) is 0. The number of rotatable bonds is 5. The van der Waals surface area contributed by atoms with Crippen LogP contribution in [0, 0.1) is 0 Å². The Balaban J connectivity index is 2.38. The van der Waals surface area contributed by atoms with Crippen LogP contribution in [0.1, 0.15) is 38.4 Å². The average molecular weight is 346 g/mol. The van der Waals surface area contributed by atoms with E-state index >= 15 is 0 Å². The van der Waals surface area contributed by atoms with Crippen LogP contribution in [-0.4, -0.2) is 19.5 Å². The third-order valence-corrected chi connectivity index (χ3v) is 4.60. The van der Waals surface area contributed by atoms with Gasteiger partial charge in [-0.15, -0.1) is 0 Å². The van der Waals surface area contributed by atoms with Gasteiger partial charge in [0.15, 0.2) is 5.65 Å². The van der Waals surface area contributed by atoms with E-state index in [-0.39, 0.29) is 11.7 Å². The van der Waals surface area contributed by atoms with Crippen LogP contribution < -0.4 is 11.4 Å². The summed E-state index contributed by atoms with van der Waals surface area (Å²) in [6.07, 6.45) is 4.96. The quantitative estimate of drug-likeness (QED) is 0.742. The monoisotopic (exact) mass is 345 g/mol. The minimum atomic E-state index is -0.164. The number of fused-ring (bicyclic) bond motifs is 1. The lowest BCUT2D eigenvalue weighted by molar-refractivity contribution is 0.472. The first-order valence-electron chi connectivity index (χ1n) is 8.04. The third-order valence-electron chi connectivity index (χ3n) is 4.31. The Morgan fingerprint density at radius 2 is 2.08 bits per heavy atom. The van der Waals surface area contributed by atoms with Gasteiger partial charge >= 0.3 is 5.69 Å². The van der Waals surface area contributed by atoms with Gasteiger partial charge in [0, 0.05) is 30.5 Å². The maximum atomic E-state index is 12.5. The number of halogens is 1. The molecule has 0 fully saturated rings. The summed E-state index contributed by atoms with van der Waals surface area (Å²) in [6.45, 7) is 4.47. The number of aromatic nitrogens is 4. The molecule has 3 N–H and O–H groups in total. The van der Waals surface area contributed by atoms with Gasteiger partial charge in [-0.3, -0.25) is 14.5 Å². The number of nitrogens with two attached hydrogens (primary N) is 1. The molecule has 0 aliphatic heterocycles. The fourth-order valence-electron chi connectivity index (χ4n) is 3.09. The van der Waals surface area contributed by atoms with Crippen LogP contribution in [0.3, 0.4) is 0 Å². The van der Waals surface area contributed by atoms with E-state index in [1.807, 2.05) is 12.1 Å². The van der Waals surface area contributed by atoms with Crippen LogP contribution in [0.4, 0.5) is 0 Å². The lowest BCUT2D eigenvalue weighted by Gasteiger charge is -2.17. The Bertz CT molecular complexity index is 926. The molecule has 3 aromatic heterocycles. The molecule has 0 unspecified atom stereocenters. The molecule has 0 aromatic carbocycles. The maximum absolute atomic E-state index is 12.5. The average Bonchev–Trinajstić information content (AvgIpc) is 2.92. The highest BCUT2D eigenvalue weighted by atomic mass is 35.5. The Kier molecular flexibility index (Phi) is 4.69. The van der Waals surface area contributed by atoms with Crippen LogP contribution in [0.2, 0.25) is 5.02 Å². The minimum absolute atomic E-state index is 0.0843. The Labute approximate surface area is 144 Å². The van der Waals surface area contributed by atoms with Crippen molar-refractivity contribution in [2.24, 2.45) is 5.73 Å².